The first-order chi connectivity index (χ1) is 9.22. The van der Waals surface area contributed by atoms with E-state index in [1.165, 1.54) is 30.5 Å². The number of nitriles is 1. The minimum absolute atomic E-state index is 0.0260. The molecule has 0 saturated carbocycles. The van der Waals surface area contributed by atoms with Crippen molar-refractivity contribution in [3.8, 4) is 6.07 Å². The number of hydrogen-bond acceptors (Lipinski definition) is 2. The first-order valence-corrected chi connectivity index (χ1v) is 7.46. The average molecular weight is 256 g/mol. The minimum Gasteiger partial charge on any atom is -0.371 e. The second-order valence-corrected chi connectivity index (χ2v) is 5.92. The maximum atomic E-state index is 9.48. The van der Waals surface area contributed by atoms with Crippen molar-refractivity contribution in [2.45, 2.75) is 45.4 Å². The Morgan fingerprint density at radius 1 is 1.16 bits per heavy atom. The average Bonchev–Trinajstić information content (AvgIpc) is 2.45. The molecule has 1 aromatic carbocycles. The summed E-state index contributed by atoms with van der Waals surface area (Å²) in [4.78, 5) is 2.46. The molecule has 1 heterocycles. The van der Waals surface area contributed by atoms with Crippen LogP contribution in [0.25, 0.3) is 0 Å². The molecule has 102 valence electrons. The summed E-state index contributed by atoms with van der Waals surface area (Å²) in [5, 5.41) is 9.48. The molecule has 1 saturated heterocycles. The van der Waals surface area contributed by atoms with Crippen molar-refractivity contribution in [2.75, 3.05) is 18.0 Å². The molecule has 2 heteroatoms. The van der Waals surface area contributed by atoms with Gasteiger partial charge in [0.15, 0.2) is 0 Å². The number of para-hydroxylation sites is 1. The van der Waals surface area contributed by atoms with E-state index in [2.05, 4.69) is 49.1 Å². The predicted molar refractivity (Wildman–Crippen MR) is 80.3 cm³/mol. The monoisotopic (exact) mass is 256 g/mol. The topological polar surface area (TPSA) is 27.0 Å². The maximum absolute atomic E-state index is 9.48. The van der Waals surface area contributed by atoms with E-state index in [9.17, 15) is 5.26 Å². The van der Waals surface area contributed by atoms with E-state index < -0.39 is 0 Å². The zero-order chi connectivity index (χ0) is 13.7. The molecule has 0 amide bonds. The van der Waals surface area contributed by atoms with Gasteiger partial charge in [0.05, 0.1) is 12.0 Å². The Morgan fingerprint density at radius 3 is 2.47 bits per heavy atom. The molecule has 2 nitrogen and oxygen atoms in total. The molecule has 1 unspecified atom stereocenters. The first kappa shape index (κ1) is 13.9. The lowest BCUT2D eigenvalue weighted by molar-refractivity contribution is 0.547. The van der Waals surface area contributed by atoms with Crippen LogP contribution < -0.4 is 4.90 Å². The van der Waals surface area contributed by atoms with Gasteiger partial charge < -0.3 is 4.90 Å². The van der Waals surface area contributed by atoms with Gasteiger partial charge in [0.1, 0.15) is 0 Å². The molecule has 19 heavy (non-hydrogen) atoms. The summed E-state index contributed by atoms with van der Waals surface area (Å²) in [6.45, 7) is 6.65. The lowest BCUT2D eigenvalue weighted by atomic mass is 9.89. The van der Waals surface area contributed by atoms with Crippen LogP contribution in [-0.2, 0) is 0 Å². The summed E-state index contributed by atoms with van der Waals surface area (Å²) in [5.41, 5.74) is 2.51. The molecule has 0 aliphatic carbocycles. The van der Waals surface area contributed by atoms with E-state index in [0.717, 1.165) is 19.5 Å². The molecule has 1 aliphatic heterocycles. The van der Waals surface area contributed by atoms with Crippen LogP contribution in [0, 0.1) is 17.2 Å². The predicted octanol–water partition coefficient (Wildman–Crippen LogP) is 4.33. The molecule has 0 N–H and O–H groups in total. The number of rotatable bonds is 4. The first-order valence-electron chi connectivity index (χ1n) is 7.46. The van der Waals surface area contributed by atoms with Crippen molar-refractivity contribution in [1.29, 1.82) is 5.26 Å². The fourth-order valence-corrected chi connectivity index (χ4v) is 2.93. The van der Waals surface area contributed by atoms with E-state index >= 15 is 0 Å². The van der Waals surface area contributed by atoms with Crippen LogP contribution in [-0.4, -0.2) is 13.1 Å². The molecule has 2 rings (SSSR count). The molecule has 1 fully saturated rings. The molecule has 1 aromatic rings. The minimum atomic E-state index is 0.0260. The highest BCUT2D eigenvalue weighted by Gasteiger charge is 2.20. The smallest absolute Gasteiger partial charge is 0.0735 e. The fourth-order valence-electron chi connectivity index (χ4n) is 2.93. The van der Waals surface area contributed by atoms with Crippen molar-refractivity contribution in [2.24, 2.45) is 5.92 Å². The van der Waals surface area contributed by atoms with Crippen LogP contribution >= 0.6 is 0 Å². The fraction of sp³-hybridized carbons (Fsp3) is 0.588. The van der Waals surface area contributed by atoms with E-state index in [1.54, 1.807) is 0 Å². The van der Waals surface area contributed by atoms with Crippen molar-refractivity contribution in [3.63, 3.8) is 0 Å². The normalized spacial score (nSPS) is 17.3. The molecule has 0 radical (unpaired) electrons. The summed E-state index contributed by atoms with van der Waals surface area (Å²) >= 11 is 0. The molecule has 0 aromatic heterocycles. The van der Waals surface area contributed by atoms with E-state index in [4.69, 9.17) is 0 Å². The van der Waals surface area contributed by atoms with Gasteiger partial charge in [0.2, 0.25) is 0 Å². The number of piperidine rings is 1. The molecule has 1 aliphatic rings. The van der Waals surface area contributed by atoms with Crippen LogP contribution in [0.4, 0.5) is 5.69 Å². The summed E-state index contributed by atoms with van der Waals surface area (Å²) < 4.78 is 0. The van der Waals surface area contributed by atoms with Gasteiger partial charge in [-0.3, -0.25) is 0 Å². The number of hydrogen-bond donors (Lipinski definition) is 0. The summed E-state index contributed by atoms with van der Waals surface area (Å²) in [6, 6.07) is 11.0. The van der Waals surface area contributed by atoms with Crippen molar-refractivity contribution >= 4 is 5.69 Å². The van der Waals surface area contributed by atoms with Gasteiger partial charge in [-0.15, -0.1) is 0 Å². The van der Waals surface area contributed by atoms with Crippen LogP contribution in [0.2, 0.25) is 0 Å². The van der Waals surface area contributed by atoms with Crippen LogP contribution in [0.15, 0.2) is 24.3 Å². The van der Waals surface area contributed by atoms with Crippen molar-refractivity contribution in [1.82, 2.24) is 0 Å². The molecular weight excluding hydrogens is 232 g/mol. The summed E-state index contributed by atoms with van der Waals surface area (Å²) in [5.74, 6) is 0.581. The summed E-state index contributed by atoms with van der Waals surface area (Å²) in [6.07, 6.45) is 4.83. The van der Waals surface area contributed by atoms with E-state index in [1.807, 2.05) is 0 Å². The van der Waals surface area contributed by atoms with Gasteiger partial charge >= 0.3 is 0 Å². The van der Waals surface area contributed by atoms with E-state index in [0.29, 0.717) is 5.92 Å². The zero-order valence-corrected chi connectivity index (χ0v) is 12.1. The Morgan fingerprint density at radius 2 is 1.84 bits per heavy atom. The third kappa shape index (κ3) is 3.50. The standard InChI is InChI=1S/C17H24N2/c1-14(2)12-15(13-18)16-8-4-5-9-17(16)19-10-6-3-7-11-19/h4-5,8-9,14-15H,3,6-7,10-12H2,1-2H3. The van der Waals surface area contributed by atoms with Gasteiger partial charge in [-0.25, -0.2) is 0 Å². The van der Waals surface area contributed by atoms with Crippen molar-refractivity contribution < 1.29 is 0 Å². The Balaban J connectivity index is 2.26. The highest BCUT2D eigenvalue weighted by atomic mass is 15.1. The van der Waals surface area contributed by atoms with Gasteiger partial charge in [-0.2, -0.15) is 5.26 Å². The Bertz CT molecular complexity index is 439. The number of nitrogens with zero attached hydrogens (tertiary/aromatic N) is 2. The third-order valence-electron chi connectivity index (χ3n) is 3.87. The maximum Gasteiger partial charge on any atom is 0.0735 e. The van der Waals surface area contributed by atoms with E-state index in [-0.39, 0.29) is 5.92 Å². The molecule has 0 spiro atoms. The quantitative estimate of drug-likeness (QED) is 0.801. The Labute approximate surface area is 117 Å². The SMILES string of the molecule is CC(C)CC(C#N)c1ccccc1N1CCCCC1. The Kier molecular flexibility index (Phi) is 4.85. The van der Waals surface area contributed by atoms with Gasteiger partial charge in [-0.1, -0.05) is 32.0 Å². The number of anilines is 1. The molecular formula is C17H24N2. The highest BCUT2D eigenvalue weighted by molar-refractivity contribution is 5.56. The van der Waals surface area contributed by atoms with Crippen LogP contribution in [0.5, 0.6) is 0 Å². The van der Waals surface area contributed by atoms with Gasteiger partial charge in [0, 0.05) is 18.8 Å². The highest BCUT2D eigenvalue weighted by Crippen LogP contribution is 2.32. The summed E-state index contributed by atoms with van der Waals surface area (Å²) in [7, 11) is 0. The second kappa shape index (κ2) is 6.61. The lowest BCUT2D eigenvalue weighted by Gasteiger charge is -2.31. The third-order valence-corrected chi connectivity index (χ3v) is 3.87. The largest absolute Gasteiger partial charge is 0.371 e. The van der Waals surface area contributed by atoms with Gasteiger partial charge in [-0.05, 0) is 43.2 Å². The second-order valence-electron chi connectivity index (χ2n) is 5.92. The van der Waals surface area contributed by atoms with Crippen LogP contribution in [0.3, 0.4) is 0 Å². The molecule has 1 atom stereocenters. The van der Waals surface area contributed by atoms with Gasteiger partial charge in [0.25, 0.3) is 0 Å². The Hall–Kier alpha value is -1.49. The molecule has 0 bridgehead atoms. The van der Waals surface area contributed by atoms with Crippen molar-refractivity contribution in [3.05, 3.63) is 29.8 Å². The lowest BCUT2D eigenvalue weighted by Crippen LogP contribution is -2.30. The van der Waals surface area contributed by atoms with Crippen LogP contribution in [0.1, 0.15) is 51.0 Å². The number of benzene rings is 1. The zero-order valence-electron chi connectivity index (χ0n) is 12.1.